The molecule has 2 atom stereocenters. The van der Waals surface area contributed by atoms with E-state index in [9.17, 15) is 4.79 Å². The number of halogens is 1. The fourth-order valence-corrected chi connectivity index (χ4v) is 2.77. The summed E-state index contributed by atoms with van der Waals surface area (Å²) < 4.78 is 0. The van der Waals surface area contributed by atoms with Crippen LogP contribution in [0.25, 0.3) is 0 Å². The fraction of sp³-hybridized carbons (Fsp3) is 0.533. The predicted octanol–water partition coefficient (Wildman–Crippen LogP) is 3.37. The second-order valence-electron chi connectivity index (χ2n) is 5.40. The van der Waals surface area contributed by atoms with Crippen molar-refractivity contribution >= 4 is 23.2 Å². The van der Waals surface area contributed by atoms with Crippen LogP contribution in [-0.2, 0) is 4.79 Å². The molecule has 0 saturated heterocycles. The van der Waals surface area contributed by atoms with Crippen LogP contribution < -0.4 is 10.6 Å². The van der Waals surface area contributed by atoms with Crippen molar-refractivity contribution in [2.24, 2.45) is 5.92 Å². The van der Waals surface area contributed by atoms with E-state index in [2.05, 4.69) is 17.6 Å². The Kier molecular flexibility index (Phi) is 4.83. The maximum absolute atomic E-state index is 11.9. The zero-order chi connectivity index (χ0) is 13.8. The van der Waals surface area contributed by atoms with Gasteiger partial charge < -0.3 is 10.6 Å². The summed E-state index contributed by atoms with van der Waals surface area (Å²) in [6, 6.07) is 5.99. The van der Waals surface area contributed by atoms with Gasteiger partial charge >= 0.3 is 0 Å². The van der Waals surface area contributed by atoms with E-state index in [4.69, 9.17) is 11.6 Å². The maximum atomic E-state index is 11.9. The quantitative estimate of drug-likeness (QED) is 0.888. The minimum atomic E-state index is -0.00975. The first kappa shape index (κ1) is 14.4. The Morgan fingerprint density at radius 1 is 1.42 bits per heavy atom. The van der Waals surface area contributed by atoms with Crippen molar-refractivity contribution in [1.82, 2.24) is 5.32 Å². The number of amides is 1. The number of carbonyl (C=O) groups is 1. The van der Waals surface area contributed by atoms with Gasteiger partial charge in [-0.3, -0.25) is 4.79 Å². The summed E-state index contributed by atoms with van der Waals surface area (Å²) in [7, 11) is 0. The molecule has 1 saturated carbocycles. The lowest BCUT2D eigenvalue weighted by atomic mass is 10.1. The number of anilines is 1. The molecule has 0 heterocycles. The van der Waals surface area contributed by atoms with Gasteiger partial charge in [0.1, 0.15) is 0 Å². The van der Waals surface area contributed by atoms with Crippen molar-refractivity contribution in [3.05, 3.63) is 28.8 Å². The lowest BCUT2D eigenvalue weighted by molar-refractivity contribution is -0.115. The molecular formula is C15H21ClN2O. The molecule has 2 N–H and O–H groups in total. The largest absolute Gasteiger partial charge is 0.325 e. The zero-order valence-electron chi connectivity index (χ0n) is 11.5. The number of hydrogen-bond donors (Lipinski definition) is 2. The molecule has 0 radical (unpaired) electrons. The monoisotopic (exact) mass is 280 g/mol. The number of aryl methyl sites for hydroxylation is 1. The lowest BCUT2D eigenvalue weighted by Crippen LogP contribution is -2.37. The van der Waals surface area contributed by atoms with Crippen molar-refractivity contribution in [2.75, 3.05) is 11.9 Å². The van der Waals surface area contributed by atoms with Gasteiger partial charge in [-0.25, -0.2) is 0 Å². The van der Waals surface area contributed by atoms with Crippen LogP contribution in [0.1, 0.15) is 31.7 Å². The molecule has 2 unspecified atom stereocenters. The second kappa shape index (κ2) is 6.40. The van der Waals surface area contributed by atoms with Crippen LogP contribution in [0, 0.1) is 12.8 Å². The topological polar surface area (TPSA) is 41.1 Å². The number of hydrogen-bond acceptors (Lipinski definition) is 2. The Labute approximate surface area is 119 Å². The van der Waals surface area contributed by atoms with E-state index < -0.39 is 0 Å². The minimum absolute atomic E-state index is 0.00975. The van der Waals surface area contributed by atoms with Crippen molar-refractivity contribution < 1.29 is 4.79 Å². The molecule has 19 heavy (non-hydrogen) atoms. The Morgan fingerprint density at radius 3 is 2.89 bits per heavy atom. The first-order chi connectivity index (χ1) is 9.06. The van der Waals surface area contributed by atoms with E-state index in [0.29, 0.717) is 23.5 Å². The summed E-state index contributed by atoms with van der Waals surface area (Å²) in [4.78, 5) is 11.9. The number of benzene rings is 1. The van der Waals surface area contributed by atoms with Crippen LogP contribution in [0.5, 0.6) is 0 Å². The van der Waals surface area contributed by atoms with Crippen molar-refractivity contribution in [2.45, 2.75) is 39.2 Å². The second-order valence-corrected chi connectivity index (χ2v) is 5.84. The Balaban J connectivity index is 1.85. The molecule has 0 aliphatic heterocycles. The third-order valence-electron chi connectivity index (χ3n) is 3.86. The van der Waals surface area contributed by atoms with E-state index in [1.807, 2.05) is 19.1 Å². The standard InChI is InChI=1S/C15H21ClN2O/c1-10-4-3-5-13(10)17-9-15(19)18-14-8-12(16)7-6-11(14)2/h6-8,10,13,17H,3-5,9H2,1-2H3,(H,18,19). The van der Waals surface area contributed by atoms with E-state index >= 15 is 0 Å². The highest BCUT2D eigenvalue weighted by molar-refractivity contribution is 6.31. The zero-order valence-corrected chi connectivity index (χ0v) is 12.3. The highest BCUT2D eigenvalue weighted by Gasteiger charge is 2.23. The van der Waals surface area contributed by atoms with Crippen molar-refractivity contribution in [3.63, 3.8) is 0 Å². The highest BCUT2D eigenvalue weighted by atomic mass is 35.5. The summed E-state index contributed by atoms with van der Waals surface area (Å²) in [5.41, 5.74) is 1.81. The van der Waals surface area contributed by atoms with E-state index in [1.54, 1.807) is 6.07 Å². The van der Waals surface area contributed by atoms with Crippen LogP contribution in [0.2, 0.25) is 5.02 Å². The summed E-state index contributed by atoms with van der Waals surface area (Å²) in [5, 5.41) is 6.88. The molecule has 4 heteroatoms. The van der Waals surface area contributed by atoms with Crippen LogP contribution in [0.3, 0.4) is 0 Å². The minimum Gasteiger partial charge on any atom is -0.325 e. The fourth-order valence-electron chi connectivity index (χ4n) is 2.60. The molecule has 2 rings (SSSR count). The summed E-state index contributed by atoms with van der Waals surface area (Å²) in [6.45, 7) is 4.56. The van der Waals surface area contributed by atoms with E-state index in [-0.39, 0.29) is 5.91 Å². The molecule has 1 aromatic carbocycles. The van der Waals surface area contributed by atoms with Crippen molar-refractivity contribution in [1.29, 1.82) is 0 Å². The Morgan fingerprint density at radius 2 is 2.21 bits per heavy atom. The van der Waals surface area contributed by atoms with Crippen LogP contribution in [0.15, 0.2) is 18.2 Å². The molecule has 0 bridgehead atoms. The van der Waals surface area contributed by atoms with Gasteiger partial charge in [0.15, 0.2) is 0 Å². The number of rotatable bonds is 4. The van der Waals surface area contributed by atoms with Gasteiger partial charge in [0.25, 0.3) is 0 Å². The summed E-state index contributed by atoms with van der Waals surface area (Å²) >= 11 is 5.93. The van der Waals surface area contributed by atoms with Crippen LogP contribution in [0.4, 0.5) is 5.69 Å². The molecule has 1 amide bonds. The number of nitrogens with one attached hydrogen (secondary N) is 2. The predicted molar refractivity (Wildman–Crippen MR) is 79.6 cm³/mol. The molecule has 0 spiro atoms. The molecule has 1 fully saturated rings. The normalized spacial score (nSPS) is 22.5. The van der Waals surface area contributed by atoms with Gasteiger partial charge in [-0.2, -0.15) is 0 Å². The van der Waals surface area contributed by atoms with Gasteiger partial charge in [0, 0.05) is 16.8 Å². The average molecular weight is 281 g/mol. The summed E-state index contributed by atoms with van der Waals surface area (Å²) in [6.07, 6.45) is 3.69. The molecule has 104 valence electrons. The first-order valence-electron chi connectivity index (χ1n) is 6.85. The molecule has 3 nitrogen and oxygen atoms in total. The van der Waals surface area contributed by atoms with Crippen LogP contribution >= 0.6 is 11.6 Å². The lowest BCUT2D eigenvalue weighted by Gasteiger charge is -2.17. The van der Waals surface area contributed by atoms with E-state index in [0.717, 1.165) is 11.3 Å². The maximum Gasteiger partial charge on any atom is 0.238 e. The molecule has 1 aliphatic carbocycles. The molecule has 1 aromatic rings. The Bertz CT molecular complexity index is 461. The van der Waals surface area contributed by atoms with Gasteiger partial charge in [-0.05, 0) is 43.4 Å². The third kappa shape index (κ3) is 3.95. The smallest absolute Gasteiger partial charge is 0.238 e. The number of carbonyl (C=O) groups excluding carboxylic acids is 1. The molecular weight excluding hydrogens is 260 g/mol. The first-order valence-corrected chi connectivity index (χ1v) is 7.23. The van der Waals surface area contributed by atoms with E-state index in [1.165, 1.54) is 19.3 Å². The SMILES string of the molecule is Cc1ccc(Cl)cc1NC(=O)CNC1CCCC1C. The summed E-state index contributed by atoms with van der Waals surface area (Å²) in [5.74, 6) is 0.658. The van der Waals surface area contributed by atoms with Gasteiger partial charge in [0.05, 0.1) is 6.54 Å². The highest BCUT2D eigenvalue weighted by Crippen LogP contribution is 2.24. The van der Waals surface area contributed by atoms with Crippen molar-refractivity contribution in [3.8, 4) is 0 Å². The molecule has 1 aliphatic rings. The van der Waals surface area contributed by atoms with Gasteiger partial charge in [-0.1, -0.05) is 31.0 Å². The van der Waals surface area contributed by atoms with Gasteiger partial charge in [0.2, 0.25) is 5.91 Å². The third-order valence-corrected chi connectivity index (χ3v) is 4.10. The van der Waals surface area contributed by atoms with Crippen LogP contribution in [-0.4, -0.2) is 18.5 Å². The average Bonchev–Trinajstić information content (AvgIpc) is 2.77. The Hall–Kier alpha value is -1.06. The molecule has 0 aromatic heterocycles. The van der Waals surface area contributed by atoms with Gasteiger partial charge in [-0.15, -0.1) is 0 Å².